The summed E-state index contributed by atoms with van der Waals surface area (Å²) in [5.41, 5.74) is 1.81. The number of aromatic nitrogens is 2. The van der Waals surface area contributed by atoms with E-state index in [0.717, 1.165) is 30.8 Å². The van der Waals surface area contributed by atoms with E-state index in [1.165, 1.54) is 27.0 Å². The number of nitrogens with zero attached hydrogens (tertiary/aromatic N) is 2. The molecule has 1 heterocycles. The summed E-state index contributed by atoms with van der Waals surface area (Å²) in [6.45, 7) is 9.48. The van der Waals surface area contributed by atoms with Gasteiger partial charge in [-0.2, -0.15) is 5.10 Å². The number of carbonyl (C=O) groups is 1. The molecule has 0 N–H and O–H groups in total. The number of hydrogen-bond donors (Lipinski definition) is 0. The second kappa shape index (κ2) is 11.9. The molecule has 0 spiro atoms. The lowest BCUT2D eigenvalue weighted by Crippen LogP contribution is -2.28. The highest BCUT2D eigenvalue weighted by atomic mass is 127. The molecular formula is C25H35IN2O3S. The van der Waals surface area contributed by atoms with Gasteiger partial charge in [0.05, 0.1) is 10.2 Å². The predicted octanol–water partition coefficient (Wildman–Crippen LogP) is 6.43. The first-order valence-electron chi connectivity index (χ1n) is 11.5. The summed E-state index contributed by atoms with van der Waals surface area (Å²) < 4.78 is 14.5. The molecule has 176 valence electrons. The molecule has 3 rings (SSSR count). The van der Waals surface area contributed by atoms with E-state index in [9.17, 15) is 4.79 Å². The molecule has 0 bridgehead atoms. The Bertz CT molecular complexity index is 871. The molecule has 1 aromatic carbocycles. The van der Waals surface area contributed by atoms with Crippen LogP contribution in [0.1, 0.15) is 53.4 Å². The lowest BCUT2D eigenvalue weighted by atomic mass is 9.82. The molecule has 1 fully saturated rings. The zero-order chi connectivity index (χ0) is 23.1. The average molecular weight is 571 g/mol. The molecule has 0 radical (unpaired) electrons. The molecule has 0 amide bonds. The predicted molar refractivity (Wildman–Crippen MR) is 139 cm³/mol. The molecule has 0 aliphatic heterocycles. The summed E-state index contributed by atoms with van der Waals surface area (Å²) in [5, 5.41) is 6.31. The minimum absolute atomic E-state index is 0.0444. The third-order valence-corrected chi connectivity index (χ3v) is 7.93. The molecule has 1 aromatic heterocycles. The van der Waals surface area contributed by atoms with Gasteiger partial charge in [0.1, 0.15) is 22.9 Å². The number of esters is 1. The standard InChI is InChI=1S/C25H35IN2O3S/c1-5-32-24-22(26)23(20-9-7-6-8-10-20)27-28(24)15-18-11-13-19(14-12-18)16-30-17-21(29)31-25(2,3)4/h6-10,18-19H,5,11-17H2,1-4H3. The van der Waals surface area contributed by atoms with Gasteiger partial charge in [-0.05, 0) is 86.6 Å². The monoisotopic (exact) mass is 570 g/mol. The Kier molecular flexibility index (Phi) is 9.49. The number of carbonyl (C=O) groups excluding carboxylic acids is 1. The van der Waals surface area contributed by atoms with E-state index in [4.69, 9.17) is 14.6 Å². The van der Waals surface area contributed by atoms with Crippen LogP contribution < -0.4 is 0 Å². The Labute approximate surface area is 210 Å². The topological polar surface area (TPSA) is 53.4 Å². The van der Waals surface area contributed by atoms with Gasteiger partial charge in [0.25, 0.3) is 0 Å². The average Bonchev–Trinajstić information content (AvgIpc) is 3.04. The molecule has 1 aliphatic carbocycles. The Balaban J connectivity index is 1.52. The summed E-state index contributed by atoms with van der Waals surface area (Å²) in [7, 11) is 0. The lowest BCUT2D eigenvalue weighted by molar-refractivity contribution is -0.160. The van der Waals surface area contributed by atoms with Crippen LogP contribution in [0.15, 0.2) is 35.4 Å². The van der Waals surface area contributed by atoms with Crippen LogP contribution in [-0.4, -0.2) is 40.3 Å². The second-order valence-corrected chi connectivity index (χ2v) is 11.8. The molecule has 0 unspecified atom stereocenters. The number of ether oxygens (including phenoxy) is 2. The zero-order valence-electron chi connectivity index (χ0n) is 19.6. The molecule has 5 nitrogen and oxygen atoms in total. The lowest BCUT2D eigenvalue weighted by Gasteiger charge is -2.28. The number of hydrogen-bond acceptors (Lipinski definition) is 5. The van der Waals surface area contributed by atoms with Crippen molar-refractivity contribution in [2.45, 2.75) is 70.6 Å². The SMILES string of the molecule is CCSc1c(I)c(-c2ccccc2)nn1CC1CCC(COCC(=O)OC(C)(C)C)CC1. The minimum atomic E-state index is -0.460. The van der Waals surface area contributed by atoms with Crippen molar-refractivity contribution in [3.05, 3.63) is 33.9 Å². The van der Waals surface area contributed by atoms with Crippen molar-refractivity contribution in [2.24, 2.45) is 11.8 Å². The summed E-state index contributed by atoms with van der Waals surface area (Å²) in [5.74, 6) is 1.91. The van der Waals surface area contributed by atoms with Gasteiger partial charge in [0.2, 0.25) is 0 Å². The van der Waals surface area contributed by atoms with Crippen LogP contribution in [0.25, 0.3) is 11.3 Å². The quantitative estimate of drug-likeness (QED) is 0.198. The first kappa shape index (κ1) is 25.6. The highest BCUT2D eigenvalue weighted by Crippen LogP contribution is 2.36. The number of thioether (sulfide) groups is 1. The van der Waals surface area contributed by atoms with Crippen molar-refractivity contribution >= 4 is 40.3 Å². The molecule has 0 saturated heterocycles. The van der Waals surface area contributed by atoms with Crippen molar-refractivity contribution < 1.29 is 14.3 Å². The van der Waals surface area contributed by atoms with Gasteiger partial charge in [-0.3, -0.25) is 4.68 Å². The second-order valence-electron chi connectivity index (χ2n) is 9.44. The van der Waals surface area contributed by atoms with Gasteiger partial charge in [-0.1, -0.05) is 37.3 Å². The van der Waals surface area contributed by atoms with Crippen LogP contribution >= 0.6 is 34.4 Å². The summed E-state index contributed by atoms with van der Waals surface area (Å²) in [6, 6.07) is 10.5. The molecular weight excluding hydrogens is 535 g/mol. The van der Waals surface area contributed by atoms with E-state index >= 15 is 0 Å². The highest BCUT2D eigenvalue weighted by molar-refractivity contribution is 14.1. The van der Waals surface area contributed by atoms with Crippen molar-refractivity contribution in [3.63, 3.8) is 0 Å². The van der Waals surface area contributed by atoms with Gasteiger partial charge >= 0.3 is 5.97 Å². The van der Waals surface area contributed by atoms with Gasteiger partial charge in [0.15, 0.2) is 0 Å². The smallest absolute Gasteiger partial charge is 0.332 e. The van der Waals surface area contributed by atoms with Crippen LogP contribution in [-0.2, 0) is 20.8 Å². The van der Waals surface area contributed by atoms with Crippen molar-refractivity contribution in [1.82, 2.24) is 9.78 Å². The normalized spacial score (nSPS) is 19.2. The van der Waals surface area contributed by atoms with E-state index in [-0.39, 0.29) is 12.6 Å². The fourth-order valence-corrected chi connectivity index (χ4v) is 6.03. The largest absolute Gasteiger partial charge is 0.458 e. The van der Waals surface area contributed by atoms with Crippen LogP contribution in [0, 0.1) is 15.4 Å². The molecule has 0 atom stereocenters. The molecule has 32 heavy (non-hydrogen) atoms. The Morgan fingerprint density at radius 3 is 2.44 bits per heavy atom. The van der Waals surface area contributed by atoms with E-state index < -0.39 is 5.60 Å². The fraction of sp³-hybridized carbons (Fsp3) is 0.600. The zero-order valence-corrected chi connectivity index (χ0v) is 22.6. The van der Waals surface area contributed by atoms with Crippen LogP contribution in [0.3, 0.4) is 0 Å². The highest BCUT2D eigenvalue weighted by Gasteiger charge is 2.25. The summed E-state index contributed by atoms with van der Waals surface area (Å²) >= 11 is 4.34. The maximum atomic E-state index is 11.8. The van der Waals surface area contributed by atoms with E-state index in [2.05, 4.69) is 58.5 Å². The van der Waals surface area contributed by atoms with E-state index in [1.807, 2.05) is 38.6 Å². The Hall–Kier alpha value is -1.06. The van der Waals surface area contributed by atoms with E-state index in [1.54, 1.807) is 0 Å². The molecule has 1 saturated carbocycles. The molecule has 7 heteroatoms. The fourth-order valence-electron chi connectivity index (χ4n) is 4.11. The summed E-state index contributed by atoms with van der Waals surface area (Å²) in [4.78, 5) is 11.8. The summed E-state index contributed by atoms with van der Waals surface area (Å²) in [6.07, 6.45) is 4.62. The Morgan fingerprint density at radius 2 is 1.81 bits per heavy atom. The van der Waals surface area contributed by atoms with Gasteiger partial charge in [-0.15, -0.1) is 11.8 Å². The maximum absolute atomic E-state index is 11.8. The van der Waals surface area contributed by atoms with Crippen LogP contribution in [0.5, 0.6) is 0 Å². The number of halogens is 1. The van der Waals surface area contributed by atoms with Gasteiger partial charge < -0.3 is 9.47 Å². The van der Waals surface area contributed by atoms with Crippen LogP contribution in [0.2, 0.25) is 0 Å². The maximum Gasteiger partial charge on any atom is 0.332 e. The first-order chi connectivity index (χ1) is 15.3. The first-order valence-corrected chi connectivity index (χ1v) is 13.6. The van der Waals surface area contributed by atoms with Gasteiger partial charge in [0, 0.05) is 12.1 Å². The third kappa shape index (κ3) is 7.48. The molecule has 1 aliphatic rings. The number of rotatable bonds is 9. The number of benzene rings is 1. The molecule has 2 aromatic rings. The van der Waals surface area contributed by atoms with Crippen LogP contribution in [0.4, 0.5) is 0 Å². The Morgan fingerprint density at radius 1 is 1.16 bits per heavy atom. The van der Waals surface area contributed by atoms with Crippen molar-refractivity contribution in [3.8, 4) is 11.3 Å². The van der Waals surface area contributed by atoms with E-state index in [0.29, 0.717) is 18.4 Å². The van der Waals surface area contributed by atoms with Gasteiger partial charge in [-0.25, -0.2) is 4.79 Å². The van der Waals surface area contributed by atoms with Crippen molar-refractivity contribution in [2.75, 3.05) is 19.0 Å². The minimum Gasteiger partial charge on any atom is -0.458 e. The van der Waals surface area contributed by atoms with Crippen molar-refractivity contribution in [1.29, 1.82) is 0 Å². The third-order valence-electron chi connectivity index (χ3n) is 5.57.